The van der Waals surface area contributed by atoms with E-state index in [4.69, 9.17) is 4.74 Å². The van der Waals surface area contributed by atoms with Gasteiger partial charge in [0.1, 0.15) is 11.4 Å². The van der Waals surface area contributed by atoms with Gasteiger partial charge in [-0.2, -0.15) is 0 Å². The van der Waals surface area contributed by atoms with Crippen LogP contribution in [0.25, 0.3) is 0 Å². The van der Waals surface area contributed by atoms with Crippen LogP contribution in [0.3, 0.4) is 0 Å². The minimum atomic E-state index is -0.384. The molecule has 0 saturated heterocycles. The lowest BCUT2D eigenvalue weighted by atomic mass is 10.2. The first kappa shape index (κ1) is 15.2. The third kappa shape index (κ3) is 3.88. The number of methoxy groups -OCH3 is 1. The van der Waals surface area contributed by atoms with Crippen LogP contribution in [0.2, 0.25) is 0 Å². The van der Waals surface area contributed by atoms with Crippen LogP contribution in [0.5, 0.6) is 5.75 Å². The average molecular weight is 304 g/mol. The van der Waals surface area contributed by atoms with Crippen LogP contribution in [-0.2, 0) is 5.75 Å². The molecule has 0 aromatic heterocycles. The van der Waals surface area contributed by atoms with Crippen molar-refractivity contribution in [2.75, 3.05) is 19.5 Å². The molecule has 0 atom stereocenters. The Morgan fingerprint density at radius 1 is 1.29 bits per heavy atom. The molecule has 0 aliphatic heterocycles. The molecular formula is C15H16N2O3S. The van der Waals surface area contributed by atoms with Gasteiger partial charge in [-0.3, -0.25) is 10.1 Å². The summed E-state index contributed by atoms with van der Waals surface area (Å²) in [7, 11) is 3.32. The number of hydrogen-bond acceptors (Lipinski definition) is 5. The van der Waals surface area contributed by atoms with Crippen molar-refractivity contribution in [1.82, 2.24) is 0 Å². The second kappa shape index (κ2) is 6.99. The fourth-order valence-corrected chi connectivity index (χ4v) is 2.78. The zero-order valence-electron chi connectivity index (χ0n) is 11.8. The first-order valence-corrected chi connectivity index (χ1v) is 7.34. The van der Waals surface area contributed by atoms with E-state index in [0.29, 0.717) is 5.69 Å². The van der Waals surface area contributed by atoms with Gasteiger partial charge in [-0.15, -0.1) is 11.8 Å². The maximum Gasteiger partial charge on any atom is 0.292 e. The summed E-state index contributed by atoms with van der Waals surface area (Å²) in [5.41, 5.74) is 1.65. The minimum absolute atomic E-state index is 0.0904. The fourth-order valence-electron chi connectivity index (χ4n) is 1.89. The molecule has 0 amide bonds. The third-order valence-electron chi connectivity index (χ3n) is 2.97. The summed E-state index contributed by atoms with van der Waals surface area (Å²) >= 11 is 1.66. The molecule has 6 heteroatoms. The molecule has 2 aromatic rings. The molecule has 5 nitrogen and oxygen atoms in total. The monoisotopic (exact) mass is 304 g/mol. The lowest BCUT2D eigenvalue weighted by Crippen LogP contribution is -1.97. The van der Waals surface area contributed by atoms with Crippen LogP contribution < -0.4 is 10.1 Å². The summed E-state index contributed by atoms with van der Waals surface area (Å²) in [6.45, 7) is 0. The number of ether oxygens (including phenoxy) is 1. The summed E-state index contributed by atoms with van der Waals surface area (Å²) in [4.78, 5) is 11.6. The van der Waals surface area contributed by atoms with Gasteiger partial charge in [0.05, 0.1) is 12.0 Å². The number of nitrogens with one attached hydrogen (secondary N) is 1. The van der Waals surface area contributed by atoms with Gasteiger partial charge in [0, 0.05) is 23.8 Å². The van der Waals surface area contributed by atoms with Crippen molar-refractivity contribution in [1.29, 1.82) is 0 Å². The molecule has 0 unspecified atom stereocenters. The molecule has 0 heterocycles. The highest BCUT2D eigenvalue weighted by molar-refractivity contribution is 7.98. The highest BCUT2D eigenvalue weighted by Crippen LogP contribution is 2.30. The molecule has 0 bridgehead atoms. The average Bonchev–Trinajstić information content (AvgIpc) is 2.52. The van der Waals surface area contributed by atoms with Crippen LogP contribution in [0.4, 0.5) is 11.4 Å². The van der Waals surface area contributed by atoms with Crippen molar-refractivity contribution in [3.8, 4) is 5.75 Å². The van der Waals surface area contributed by atoms with Crippen LogP contribution in [0.15, 0.2) is 47.4 Å². The van der Waals surface area contributed by atoms with E-state index >= 15 is 0 Å². The number of anilines is 1. The maximum atomic E-state index is 10.9. The quantitative estimate of drug-likeness (QED) is 0.497. The Kier molecular flexibility index (Phi) is 5.05. The van der Waals surface area contributed by atoms with Crippen molar-refractivity contribution < 1.29 is 9.66 Å². The number of rotatable bonds is 6. The number of benzene rings is 2. The third-order valence-corrected chi connectivity index (χ3v) is 4.04. The van der Waals surface area contributed by atoms with Crippen LogP contribution >= 0.6 is 11.8 Å². The Morgan fingerprint density at radius 2 is 2.10 bits per heavy atom. The van der Waals surface area contributed by atoms with Gasteiger partial charge in [-0.25, -0.2) is 0 Å². The standard InChI is InChI=1S/C15H16N2O3S/c1-16-14-8-11(6-7-15(14)17(18)19)10-21-13-5-3-4-12(9-13)20-2/h3-9,16H,10H2,1-2H3. The van der Waals surface area contributed by atoms with Gasteiger partial charge >= 0.3 is 0 Å². The first-order valence-electron chi connectivity index (χ1n) is 6.36. The van der Waals surface area contributed by atoms with Crippen molar-refractivity contribution in [2.24, 2.45) is 0 Å². The van der Waals surface area contributed by atoms with Crippen molar-refractivity contribution in [3.63, 3.8) is 0 Å². The topological polar surface area (TPSA) is 64.4 Å². The van der Waals surface area contributed by atoms with Crippen molar-refractivity contribution >= 4 is 23.1 Å². The number of thioether (sulfide) groups is 1. The molecule has 0 fully saturated rings. The van der Waals surface area contributed by atoms with Gasteiger partial charge in [0.2, 0.25) is 0 Å². The molecule has 0 aliphatic carbocycles. The van der Waals surface area contributed by atoms with Crippen LogP contribution in [0.1, 0.15) is 5.56 Å². The van der Waals surface area contributed by atoms with Gasteiger partial charge in [0.15, 0.2) is 0 Å². The number of nitro groups is 1. The Balaban J connectivity index is 2.11. The van der Waals surface area contributed by atoms with E-state index in [-0.39, 0.29) is 10.6 Å². The molecule has 0 spiro atoms. The molecule has 2 rings (SSSR count). The second-order valence-corrected chi connectivity index (χ2v) is 5.38. The predicted molar refractivity (Wildman–Crippen MR) is 85.2 cm³/mol. The minimum Gasteiger partial charge on any atom is -0.497 e. The summed E-state index contributed by atoms with van der Waals surface area (Å²) < 4.78 is 5.19. The normalized spacial score (nSPS) is 10.2. The van der Waals surface area contributed by atoms with E-state index in [0.717, 1.165) is 22.0 Å². The van der Waals surface area contributed by atoms with Gasteiger partial charge < -0.3 is 10.1 Å². The Hall–Kier alpha value is -2.21. The predicted octanol–water partition coefficient (Wildman–Crippen LogP) is 3.94. The molecular weight excluding hydrogens is 288 g/mol. The molecule has 0 radical (unpaired) electrons. The van der Waals surface area contributed by atoms with E-state index in [9.17, 15) is 10.1 Å². The second-order valence-electron chi connectivity index (χ2n) is 4.33. The first-order chi connectivity index (χ1) is 10.1. The number of hydrogen-bond donors (Lipinski definition) is 1. The Labute approximate surface area is 127 Å². The van der Waals surface area contributed by atoms with Gasteiger partial charge in [-0.05, 0) is 29.8 Å². The van der Waals surface area contributed by atoms with Crippen LogP contribution in [-0.4, -0.2) is 19.1 Å². The van der Waals surface area contributed by atoms with Crippen molar-refractivity contribution in [3.05, 3.63) is 58.1 Å². The summed E-state index contributed by atoms with van der Waals surface area (Å²) in [6.07, 6.45) is 0. The summed E-state index contributed by atoms with van der Waals surface area (Å²) in [5, 5.41) is 13.8. The SMILES string of the molecule is CNc1cc(CSc2cccc(OC)c2)ccc1[N+](=O)[O-]. The maximum absolute atomic E-state index is 10.9. The zero-order valence-corrected chi connectivity index (χ0v) is 12.6. The van der Waals surface area contributed by atoms with Crippen molar-refractivity contribution in [2.45, 2.75) is 10.6 Å². The lowest BCUT2D eigenvalue weighted by Gasteiger charge is -2.07. The van der Waals surface area contributed by atoms with E-state index in [2.05, 4.69) is 5.32 Å². The van der Waals surface area contributed by atoms with E-state index < -0.39 is 0 Å². The smallest absolute Gasteiger partial charge is 0.292 e. The summed E-state index contributed by atoms with van der Waals surface area (Å²) in [5.74, 6) is 1.56. The largest absolute Gasteiger partial charge is 0.497 e. The molecule has 21 heavy (non-hydrogen) atoms. The molecule has 0 aliphatic rings. The molecule has 1 N–H and O–H groups in total. The highest BCUT2D eigenvalue weighted by Gasteiger charge is 2.12. The molecule has 2 aromatic carbocycles. The Morgan fingerprint density at radius 3 is 2.76 bits per heavy atom. The van der Waals surface area contributed by atoms with Gasteiger partial charge in [-0.1, -0.05) is 12.1 Å². The number of nitro benzene ring substituents is 1. The zero-order chi connectivity index (χ0) is 15.2. The van der Waals surface area contributed by atoms with Crippen LogP contribution in [0, 0.1) is 10.1 Å². The fraction of sp³-hybridized carbons (Fsp3) is 0.200. The van der Waals surface area contributed by atoms with E-state index in [1.54, 1.807) is 32.0 Å². The lowest BCUT2D eigenvalue weighted by molar-refractivity contribution is -0.383. The summed E-state index contributed by atoms with van der Waals surface area (Å²) in [6, 6.07) is 12.9. The molecule has 110 valence electrons. The number of nitrogens with zero attached hydrogens (tertiary/aromatic N) is 1. The Bertz CT molecular complexity index is 647. The van der Waals surface area contributed by atoms with E-state index in [1.165, 1.54) is 6.07 Å². The van der Waals surface area contributed by atoms with Gasteiger partial charge in [0.25, 0.3) is 5.69 Å². The van der Waals surface area contributed by atoms with E-state index in [1.807, 2.05) is 30.3 Å². The highest BCUT2D eigenvalue weighted by atomic mass is 32.2. The molecule has 0 saturated carbocycles.